The highest BCUT2D eigenvalue weighted by Crippen LogP contribution is 2.32. The van der Waals surface area contributed by atoms with E-state index in [-0.39, 0.29) is 16.9 Å². The van der Waals surface area contributed by atoms with Crippen LogP contribution in [0, 0.1) is 5.92 Å². The third-order valence-electron chi connectivity index (χ3n) is 4.24. The quantitative estimate of drug-likeness (QED) is 0.744. The van der Waals surface area contributed by atoms with Gasteiger partial charge < -0.3 is 10.6 Å². The maximum atomic E-state index is 12.6. The summed E-state index contributed by atoms with van der Waals surface area (Å²) in [6.07, 6.45) is 1.52. The molecule has 134 valence electrons. The first-order chi connectivity index (χ1) is 11.4. The number of thioether (sulfide) groups is 1. The van der Waals surface area contributed by atoms with Gasteiger partial charge in [-0.2, -0.15) is 0 Å². The minimum Gasteiger partial charge on any atom is -0.341 e. The van der Waals surface area contributed by atoms with Crippen LogP contribution in [0.1, 0.15) is 26.7 Å². The second-order valence-corrected chi connectivity index (χ2v) is 9.66. The molecule has 1 heterocycles. The summed E-state index contributed by atoms with van der Waals surface area (Å²) >= 11 is 1.33. The van der Waals surface area contributed by atoms with Gasteiger partial charge in [-0.15, -0.1) is 11.8 Å². The SMILES string of the molecule is CCCS(=O)(=O)c1ccccc1SC(C)C(=O)N1CCC(CN)C1. The van der Waals surface area contributed by atoms with E-state index in [9.17, 15) is 13.2 Å². The van der Waals surface area contributed by atoms with Gasteiger partial charge >= 0.3 is 0 Å². The van der Waals surface area contributed by atoms with Crippen molar-refractivity contribution in [3.8, 4) is 0 Å². The van der Waals surface area contributed by atoms with Crippen LogP contribution in [0.2, 0.25) is 0 Å². The molecule has 5 nitrogen and oxygen atoms in total. The van der Waals surface area contributed by atoms with Crippen molar-refractivity contribution in [2.45, 2.75) is 41.7 Å². The Hall–Kier alpha value is -1.05. The molecule has 0 radical (unpaired) electrons. The molecular formula is C17H26N2O3S2. The molecule has 7 heteroatoms. The van der Waals surface area contributed by atoms with Gasteiger partial charge in [0.1, 0.15) is 0 Å². The van der Waals surface area contributed by atoms with Crippen molar-refractivity contribution < 1.29 is 13.2 Å². The average Bonchev–Trinajstić information content (AvgIpc) is 3.03. The maximum absolute atomic E-state index is 12.6. The molecule has 2 unspecified atom stereocenters. The van der Waals surface area contributed by atoms with Crippen LogP contribution >= 0.6 is 11.8 Å². The van der Waals surface area contributed by atoms with E-state index in [1.165, 1.54) is 11.8 Å². The number of amides is 1. The summed E-state index contributed by atoms with van der Waals surface area (Å²) in [7, 11) is -3.31. The molecule has 0 spiro atoms. The standard InChI is InChI=1S/C17H26N2O3S2/c1-3-10-24(21,22)16-7-5-4-6-15(16)23-13(2)17(20)19-9-8-14(11-18)12-19/h4-7,13-14H,3,8-12,18H2,1-2H3. The summed E-state index contributed by atoms with van der Waals surface area (Å²) in [5.41, 5.74) is 5.68. The van der Waals surface area contributed by atoms with Crippen LogP contribution in [0.3, 0.4) is 0 Å². The third kappa shape index (κ3) is 4.52. The van der Waals surface area contributed by atoms with Gasteiger partial charge in [0.05, 0.1) is 15.9 Å². The molecule has 1 aliphatic heterocycles. The molecule has 0 aromatic heterocycles. The summed E-state index contributed by atoms with van der Waals surface area (Å²) in [6.45, 7) is 5.73. The van der Waals surface area contributed by atoms with E-state index in [4.69, 9.17) is 5.73 Å². The number of hydrogen-bond donors (Lipinski definition) is 1. The van der Waals surface area contributed by atoms with Gasteiger partial charge in [0.15, 0.2) is 9.84 Å². The lowest BCUT2D eigenvalue weighted by atomic mass is 10.1. The van der Waals surface area contributed by atoms with Crippen molar-refractivity contribution in [3.63, 3.8) is 0 Å². The Morgan fingerprint density at radius 3 is 2.75 bits per heavy atom. The van der Waals surface area contributed by atoms with Crippen LogP contribution < -0.4 is 5.73 Å². The van der Waals surface area contributed by atoms with Gasteiger partial charge in [0.25, 0.3) is 0 Å². The van der Waals surface area contributed by atoms with Crippen molar-refractivity contribution in [3.05, 3.63) is 24.3 Å². The topological polar surface area (TPSA) is 80.5 Å². The monoisotopic (exact) mass is 370 g/mol. The molecule has 1 aromatic carbocycles. The molecule has 0 saturated carbocycles. The number of nitrogens with zero attached hydrogens (tertiary/aromatic N) is 1. The third-order valence-corrected chi connectivity index (χ3v) is 7.51. The lowest BCUT2D eigenvalue weighted by Crippen LogP contribution is -2.35. The lowest BCUT2D eigenvalue weighted by Gasteiger charge is -2.21. The van der Waals surface area contributed by atoms with Crippen LogP contribution in [0.25, 0.3) is 0 Å². The highest BCUT2D eigenvalue weighted by molar-refractivity contribution is 8.01. The highest BCUT2D eigenvalue weighted by Gasteiger charge is 2.29. The van der Waals surface area contributed by atoms with Gasteiger partial charge in [-0.05, 0) is 44.4 Å². The molecule has 0 bridgehead atoms. The number of likely N-dealkylation sites (tertiary alicyclic amines) is 1. The number of hydrogen-bond acceptors (Lipinski definition) is 5. The predicted octanol–water partition coefficient (Wildman–Crippen LogP) is 2.16. The van der Waals surface area contributed by atoms with Crippen molar-refractivity contribution in [2.24, 2.45) is 11.7 Å². The van der Waals surface area contributed by atoms with Crippen LogP contribution in [0.5, 0.6) is 0 Å². The normalized spacial score (nSPS) is 19.5. The molecule has 1 amide bonds. The zero-order chi connectivity index (χ0) is 17.7. The minimum atomic E-state index is -3.31. The number of carbonyl (C=O) groups excluding carboxylic acids is 1. The zero-order valence-electron chi connectivity index (χ0n) is 14.3. The fraction of sp³-hybridized carbons (Fsp3) is 0.588. The van der Waals surface area contributed by atoms with Gasteiger partial charge in [0, 0.05) is 18.0 Å². The number of rotatable bonds is 7. The van der Waals surface area contributed by atoms with Crippen molar-refractivity contribution in [1.82, 2.24) is 4.90 Å². The molecule has 1 aromatic rings. The summed E-state index contributed by atoms with van der Waals surface area (Å²) in [4.78, 5) is 15.4. The Morgan fingerprint density at radius 2 is 2.12 bits per heavy atom. The van der Waals surface area contributed by atoms with E-state index in [1.54, 1.807) is 18.2 Å². The van der Waals surface area contributed by atoms with Crippen LogP contribution in [0.4, 0.5) is 0 Å². The zero-order valence-corrected chi connectivity index (χ0v) is 15.9. The summed E-state index contributed by atoms with van der Waals surface area (Å²) in [6, 6.07) is 6.95. The molecule has 2 rings (SSSR count). The van der Waals surface area contributed by atoms with Crippen molar-refractivity contribution in [2.75, 3.05) is 25.4 Å². The number of carbonyl (C=O) groups is 1. The van der Waals surface area contributed by atoms with Crippen LogP contribution in [-0.4, -0.2) is 49.9 Å². The second kappa shape index (κ2) is 8.36. The Morgan fingerprint density at radius 1 is 1.42 bits per heavy atom. The number of nitrogens with two attached hydrogens (primary N) is 1. The average molecular weight is 371 g/mol. The largest absolute Gasteiger partial charge is 0.341 e. The first kappa shape index (κ1) is 19.3. The Balaban J connectivity index is 2.12. The Labute approximate surface area is 148 Å². The van der Waals surface area contributed by atoms with Gasteiger partial charge in [-0.25, -0.2) is 8.42 Å². The first-order valence-electron chi connectivity index (χ1n) is 8.36. The molecule has 1 fully saturated rings. The Bertz CT molecular complexity index is 676. The summed E-state index contributed by atoms with van der Waals surface area (Å²) < 4.78 is 24.8. The highest BCUT2D eigenvalue weighted by atomic mass is 32.2. The molecule has 24 heavy (non-hydrogen) atoms. The maximum Gasteiger partial charge on any atom is 0.235 e. The van der Waals surface area contributed by atoms with Crippen molar-refractivity contribution in [1.29, 1.82) is 0 Å². The summed E-state index contributed by atoms with van der Waals surface area (Å²) in [5, 5.41) is -0.320. The molecule has 2 N–H and O–H groups in total. The number of benzene rings is 1. The Kier molecular flexibility index (Phi) is 6.71. The predicted molar refractivity (Wildman–Crippen MR) is 97.8 cm³/mol. The fourth-order valence-corrected chi connectivity index (χ4v) is 5.82. The van der Waals surface area contributed by atoms with Gasteiger partial charge in [-0.1, -0.05) is 19.1 Å². The van der Waals surface area contributed by atoms with E-state index in [1.807, 2.05) is 24.8 Å². The smallest absolute Gasteiger partial charge is 0.235 e. The second-order valence-electron chi connectivity index (χ2n) is 6.20. The van der Waals surface area contributed by atoms with E-state index in [0.717, 1.165) is 13.0 Å². The molecule has 1 saturated heterocycles. The van der Waals surface area contributed by atoms with Crippen LogP contribution in [0.15, 0.2) is 34.1 Å². The van der Waals surface area contributed by atoms with E-state index in [0.29, 0.717) is 35.2 Å². The van der Waals surface area contributed by atoms with Gasteiger partial charge in [-0.3, -0.25) is 4.79 Å². The minimum absolute atomic E-state index is 0.0543. The first-order valence-corrected chi connectivity index (χ1v) is 10.9. The van der Waals surface area contributed by atoms with E-state index in [2.05, 4.69) is 0 Å². The van der Waals surface area contributed by atoms with Crippen molar-refractivity contribution >= 4 is 27.5 Å². The number of sulfone groups is 1. The van der Waals surface area contributed by atoms with E-state index >= 15 is 0 Å². The molecule has 0 aliphatic carbocycles. The lowest BCUT2D eigenvalue weighted by molar-refractivity contribution is -0.129. The van der Waals surface area contributed by atoms with Gasteiger partial charge in [0.2, 0.25) is 5.91 Å². The summed E-state index contributed by atoms with van der Waals surface area (Å²) in [5.74, 6) is 0.555. The van der Waals surface area contributed by atoms with E-state index < -0.39 is 9.84 Å². The molecular weight excluding hydrogens is 344 g/mol. The molecule has 1 aliphatic rings. The fourth-order valence-electron chi connectivity index (χ4n) is 2.91. The van der Waals surface area contributed by atoms with Crippen LogP contribution in [-0.2, 0) is 14.6 Å². The molecule has 2 atom stereocenters.